The van der Waals surface area contributed by atoms with Crippen molar-refractivity contribution >= 4 is 61.0 Å². The van der Waals surface area contributed by atoms with Gasteiger partial charge >= 0.3 is 0 Å². The van der Waals surface area contributed by atoms with Crippen molar-refractivity contribution in [1.82, 2.24) is 0 Å². The number of hydrogen-bond acceptors (Lipinski definition) is 4. The molecule has 3 fully saturated rings. The van der Waals surface area contributed by atoms with E-state index in [2.05, 4.69) is 27.6 Å². The van der Waals surface area contributed by atoms with Gasteiger partial charge in [0.25, 0.3) is 5.91 Å². The van der Waals surface area contributed by atoms with Crippen LogP contribution in [0.1, 0.15) is 12.8 Å². The number of amidine groups is 1. The fourth-order valence-corrected chi connectivity index (χ4v) is 7.45. The number of sulfone groups is 1. The van der Waals surface area contributed by atoms with Gasteiger partial charge in [-0.3, -0.25) is 4.79 Å². The van der Waals surface area contributed by atoms with E-state index in [1.54, 1.807) is 0 Å². The number of amides is 1. The van der Waals surface area contributed by atoms with Gasteiger partial charge in [-0.25, -0.2) is 8.42 Å². The first-order valence-electron chi connectivity index (χ1n) is 7.47. The van der Waals surface area contributed by atoms with E-state index in [1.807, 2.05) is 29.2 Å². The molecule has 1 amide bonds. The van der Waals surface area contributed by atoms with Gasteiger partial charge in [0.2, 0.25) is 0 Å². The molecule has 23 heavy (non-hydrogen) atoms. The van der Waals surface area contributed by atoms with Crippen molar-refractivity contribution in [2.24, 2.45) is 10.9 Å². The van der Waals surface area contributed by atoms with E-state index >= 15 is 0 Å². The quantitative estimate of drug-likeness (QED) is 0.632. The van der Waals surface area contributed by atoms with Crippen molar-refractivity contribution in [3.8, 4) is 0 Å². The third-order valence-electron chi connectivity index (χ3n) is 4.29. The predicted molar refractivity (Wildman–Crippen MR) is 101 cm³/mol. The lowest BCUT2D eigenvalue weighted by molar-refractivity contribution is -0.118. The minimum absolute atomic E-state index is 0.0383. The van der Waals surface area contributed by atoms with E-state index in [1.165, 1.54) is 11.8 Å². The van der Waals surface area contributed by atoms with Crippen LogP contribution < -0.4 is 4.90 Å². The second kappa shape index (κ2) is 5.73. The Morgan fingerprint density at radius 2 is 2.09 bits per heavy atom. The molecule has 1 aromatic rings. The van der Waals surface area contributed by atoms with E-state index in [4.69, 9.17) is 0 Å². The van der Waals surface area contributed by atoms with Gasteiger partial charge in [-0.15, -0.1) is 0 Å². The normalized spacial score (nSPS) is 30.7. The van der Waals surface area contributed by atoms with Crippen LogP contribution in [0.15, 0.2) is 29.3 Å². The first kappa shape index (κ1) is 15.9. The van der Waals surface area contributed by atoms with Gasteiger partial charge in [0.15, 0.2) is 15.0 Å². The first-order chi connectivity index (χ1) is 10.9. The molecule has 1 aliphatic carbocycles. The number of carbonyl (C=O) groups excluding carboxylic acids is 1. The number of anilines is 1. The fourth-order valence-electron chi connectivity index (χ4n) is 3.01. The van der Waals surface area contributed by atoms with Crippen LogP contribution in [-0.4, -0.2) is 42.3 Å². The summed E-state index contributed by atoms with van der Waals surface area (Å²) in [5.41, 5.74) is 0.913. The van der Waals surface area contributed by atoms with Gasteiger partial charge in [0.05, 0.1) is 17.5 Å². The third kappa shape index (κ3) is 3.17. The molecular weight excluding hydrogens is 447 g/mol. The monoisotopic (exact) mass is 462 g/mol. The molecule has 8 heteroatoms. The summed E-state index contributed by atoms with van der Waals surface area (Å²) in [7, 11) is -3.02. The predicted octanol–water partition coefficient (Wildman–Crippen LogP) is 2.30. The smallest absolute Gasteiger partial charge is 0.251 e. The number of benzene rings is 1. The van der Waals surface area contributed by atoms with Crippen molar-refractivity contribution in [1.29, 1.82) is 0 Å². The summed E-state index contributed by atoms with van der Waals surface area (Å²) in [4.78, 5) is 18.4. The van der Waals surface area contributed by atoms with Crippen molar-refractivity contribution in [3.05, 3.63) is 27.8 Å². The highest BCUT2D eigenvalue weighted by Crippen LogP contribution is 2.42. The number of carbonyl (C=O) groups is 1. The minimum Gasteiger partial charge on any atom is -0.316 e. The molecule has 0 aromatic heterocycles. The maximum absolute atomic E-state index is 12.1. The van der Waals surface area contributed by atoms with Crippen molar-refractivity contribution < 1.29 is 13.2 Å². The van der Waals surface area contributed by atoms with E-state index in [9.17, 15) is 13.2 Å². The van der Waals surface area contributed by atoms with Crippen LogP contribution in [0.5, 0.6) is 0 Å². The van der Waals surface area contributed by atoms with Crippen molar-refractivity contribution in [2.75, 3.05) is 16.4 Å². The van der Waals surface area contributed by atoms with E-state index < -0.39 is 9.84 Å². The largest absolute Gasteiger partial charge is 0.316 e. The van der Waals surface area contributed by atoms with Crippen molar-refractivity contribution in [2.45, 2.75) is 24.1 Å². The van der Waals surface area contributed by atoms with Gasteiger partial charge in [-0.2, -0.15) is 4.99 Å². The zero-order chi connectivity index (χ0) is 16.2. The Balaban J connectivity index is 1.73. The second-order valence-electron chi connectivity index (χ2n) is 6.16. The third-order valence-corrected chi connectivity index (χ3v) is 8.17. The molecule has 2 saturated heterocycles. The van der Waals surface area contributed by atoms with Gasteiger partial charge in [-0.1, -0.05) is 17.8 Å². The maximum Gasteiger partial charge on any atom is 0.251 e. The summed E-state index contributed by atoms with van der Waals surface area (Å²) in [6.07, 6.45) is 1.84. The number of fused-ring (bicyclic) bond motifs is 1. The van der Waals surface area contributed by atoms with E-state index in [0.29, 0.717) is 5.17 Å². The molecule has 2 aliphatic heterocycles. The molecule has 122 valence electrons. The van der Waals surface area contributed by atoms with E-state index in [-0.39, 0.29) is 34.6 Å². The molecule has 0 spiro atoms. The summed E-state index contributed by atoms with van der Waals surface area (Å²) in [5, 5.41) is 0.623. The highest BCUT2D eigenvalue weighted by atomic mass is 127. The lowest BCUT2D eigenvalue weighted by Crippen LogP contribution is -2.37. The van der Waals surface area contributed by atoms with Crippen LogP contribution in [0.2, 0.25) is 0 Å². The first-order valence-corrected chi connectivity index (χ1v) is 11.3. The summed E-state index contributed by atoms with van der Waals surface area (Å²) in [5.74, 6) is 0.308. The average molecular weight is 462 g/mol. The van der Waals surface area contributed by atoms with Crippen LogP contribution in [0, 0.1) is 9.49 Å². The average Bonchev–Trinajstić information content (AvgIpc) is 3.20. The summed E-state index contributed by atoms with van der Waals surface area (Å²) >= 11 is 3.67. The van der Waals surface area contributed by atoms with Crippen LogP contribution >= 0.6 is 34.4 Å². The van der Waals surface area contributed by atoms with Gasteiger partial charge < -0.3 is 4.90 Å². The molecule has 1 aromatic carbocycles. The SMILES string of the molecule is O=C(N=C1S[C@@H]2CS(=O)(=O)C[C@@H]2N1c1cccc(I)c1)C1CC1. The van der Waals surface area contributed by atoms with Gasteiger partial charge in [-0.05, 0) is 53.6 Å². The number of thioether (sulfide) groups is 1. The van der Waals surface area contributed by atoms with Crippen LogP contribution in [-0.2, 0) is 14.6 Å². The molecular formula is C15H15IN2O3S2. The number of aliphatic imine (C=N–C) groups is 1. The standard InChI is InChI=1S/C15H15IN2O3S2/c16-10-2-1-3-11(6-10)18-12-7-23(20,21)8-13(12)22-15(18)17-14(19)9-4-5-9/h1-3,6,9,12-13H,4-5,7-8H2/t12-,13+/m0/s1. The Morgan fingerprint density at radius 1 is 1.30 bits per heavy atom. The molecule has 5 nitrogen and oxygen atoms in total. The molecule has 4 rings (SSSR count). The maximum atomic E-state index is 12.1. The van der Waals surface area contributed by atoms with Crippen molar-refractivity contribution in [3.63, 3.8) is 0 Å². The topological polar surface area (TPSA) is 66.8 Å². The zero-order valence-electron chi connectivity index (χ0n) is 12.2. The summed E-state index contributed by atoms with van der Waals surface area (Å²) in [6.45, 7) is 0. The minimum atomic E-state index is -3.02. The number of rotatable bonds is 2. The lowest BCUT2D eigenvalue weighted by Gasteiger charge is -2.24. The molecule has 2 atom stereocenters. The lowest BCUT2D eigenvalue weighted by atomic mass is 10.2. The molecule has 2 heterocycles. The Hall–Kier alpha value is -0.610. The Morgan fingerprint density at radius 3 is 2.78 bits per heavy atom. The Bertz CT molecular complexity index is 805. The Labute approximate surface area is 153 Å². The molecule has 0 bridgehead atoms. The molecule has 0 radical (unpaired) electrons. The number of hydrogen-bond donors (Lipinski definition) is 0. The highest BCUT2D eigenvalue weighted by molar-refractivity contribution is 14.1. The zero-order valence-corrected chi connectivity index (χ0v) is 16.0. The Kier molecular flexibility index (Phi) is 3.96. The fraction of sp³-hybridized carbons (Fsp3) is 0.467. The molecule has 3 aliphatic rings. The highest BCUT2D eigenvalue weighted by Gasteiger charge is 2.49. The van der Waals surface area contributed by atoms with Crippen LogP contribution in [0.4, 0.5) is 5.69 Å². The molecule has 0 unspecified atom stereocenters. The number of halogens is 1. The molecule has 0 N–H and O–H groups in total. The van der Waals surface area contributed by atoms with Crippen LogP contribution in [0.25, 0.3) is 0 Å². The summed E-state index contributed by atoms with van der Waals surface area (Å²) < 4.78 is 25.0. The number of nitrogens with zero attached hydrogens (tertiary/aromatic N) is 2. The second-order valence-corrected chi connectivity index (χ2v) is 10.8. The summed E-state index contributed by atoms with van der Waals surface area (Å²) in [6, 6.07) is 7.76. The van der Waals surface area contributed by atoms with Gasteiger partial charge in [0, 0.05) is 20.4 Å². The van der Waals surface area contributed by atoms with Crippen LogP contribution in [0.3, 0.4) is 0 Å². The van der Waals surface area contributed by atoms with Gasteiger partial charge in [0.1, 0.15) is 0 Å². The van der Waals surface area contributed by atoms with E-state index in [0.717, 1.165) is 22.1 Å². The molecule has 1 saturated carbocycles.